The summed E-state index contributed by atoms with van der Waals surface area (Å²) in [5.74, 6) is 0.522. The molecule has 0 saturated carbocycles. The van der Waals surface area contributed by atoms with Gasteiger partial charge in [-0.05, 0) is 51.8 Å². The minimum atomic E-state index is -0.405. The van der Waals surface area contributed by atoms with Crippen LogP contribution in [0.25, 0.3) is 11.0 Å². The summed E-state index contributed by atoms with van der Waals surface area (Å²) in [6.07, 6.45) is 3.22. The average molecular weight is 399 g/mol. The molecule has 1 heterocycles. The maximum absolute atomic E-state index is 12.1. The van der Waals surface area contributed by atoms with Gasteiger partial charge in [-0.25, -0.2) is 5.43 Å². The average Bonchev–Trinajstić information content (AvgIpc) is 3.05. The summed E-state index contributed by atoms with van der Waals surface area (Å²) in [6, 6.07) is 14.6. The first-order valence-corrected chi connectivity index (χ1v) is 8.32. The summed E-state index contributed by atoms with van der Waals surface area (Å²) in [5.41, 5.74) is 3.92. The Morgan fingerprint density at radius 2 is 2.12 bits per heavy atom. The summed E-state index contributed by atoms with van der Waals surface area (Å²) in [7, 11) is 0. The first-order valence-electron chi connectivity index (χ1n) is 7.52. The number of hydrogen-bond acceptors (Lipinski definition) is 4. The molecular formula is C19H15BrN2O3. The van der Waals surface area contributed by atoms with Crippen LogP contribution in [0, 0.1) is 0 Å². The molecule has 1 N–H and O–H groups in total. The van der Waals surface area contributed by atoms with Crippen LogP contribution in [-0.4, -0.2) is 18.7 Å². The Labute approximate surface area is 153 Å². The Balaban J connectivity index is 1.65. The smallest absolute Gasteiger partial charge is 0.307 e. The highest BCUT2D eigenvalue weighted by Crippen LogP contribution is 2.25. The second-order valence-corrected chi connectivity index (χ2v) is 5.99. The molecule has 1 amide bonds. The van der Waals surface area contributed by atoms with E-state index in [9.17, 15) is 4.79 Å². The van der Waals surface area contributed by atoms with Crippen LogP contribution in [0.1, 0.15) is 16.1 Å². The van der Waals surface area contributed by atoms with Crippen LogP contribution in [0.4, 0.5) is 0 Å². The number of amides is 1. The van der Waals surface area contributed by atoms with Crippen LogP contribution in [0.3, 0.4) is 0 Å². The van der Waals surface area contributed by atoms with Crippen molar-refractivity contribution in [2.24, 2.45) is 5.10 Å². The van der Waals surface area contributed by atoms with Crippen LogP contribution in [0.5, 0.6) is 5.75 Å². The summed E-state index contributed by atoms with van der Waals surface area (Å²) >= 11 is 3.43. The van der Waals surface area contributed by atoms with E-state index in [2.05, 4.69) is 33.0 Å². The molecule has 6 heteroatoms. The SMILES string of the molecule is C=CCOc1ccc(/C=N/NC(=O)c2cc3ccccc3o2)cc1Br. The topological polar surface area (TPSA) is 63.8 Å². The zero-order valence-electron chi connectivity index (χ0n) is 13.2. The van der Waals surface area contributed by atoms with Gasteiger partial charge in [0.15, 0.2) is 5.76 Å². The summed E-state index contributed by atoms with van der Waals surface area (Å²) < 4.78 is 11.8. The van der Waals surface area contributed by atoms with Crippen molar-refractivity contribution >= 4 is 39.0 Å². The predicted octanol–water partition coefficient (Wildman–Crippen LogP) is 4.52. The summed E-state index contributed by atoms with van der Waals surface area (Å²) in [5, 5.41) is 4.83. The van der Waals surface area contributed by atoms with Crippen molar-refractivity contribution in [2.75, 3.05) is 6.61 Å². The number of fused-ring (bicyclic) bond motifs is 1. The Morgan fingerprint density at radius 1 is 1.28 bits per heavy atom. The molecule has 0 atom stereocenters. The van der Waals surface area contributed by atoms with Crippen molar-refractivity contribution in [1.82, 2.24) is 5.43 Å². The minimum Gasteiger partial charge on any atom is -0.488 e. The van der Waals surface area contributed by atoms with Gasteiger partial charge in [0.05, 0.1) is 10.7 Å². The van der Waals surface area contributed by atoms with Gasteiger partial charge < -0.3 is 9.15 Å². The predicted molar refractivity (Wildman–Crippen MR) is 101 cm³/mol. The number of hydrazone groups is 1. The van der Waals surface area contributed by atoms with Crippen LogP contribution in [0.15, 0.2) is 75.2 Å². The third-order valence-corrected chi connectivity index (χ3v) is 3.96. The quantitative estimate of drug-likeness (QED) is 0.377. The number of furan rings is 1. The third-order valence-electron chi connectivity index (χ3n) is 3.34. The first kappa shape index (κ1) is 17.0. The van der Waals surface area contributed by atoms with Crippen LogP contribution in [-0.2, 0) is 0 Å². The van der Waals surface area contributed by atoms with E-state index in [-0.39, 0.29) is 5.76 Å². The van der Waals surface area contributed by atoms with E-state index >= 15 is 0 Å². The number of nitrogens with zero attached hydrogens (tertiary/aromatic N) is 1. The molecule has 0 unspecified atom stereocenters. The molecule has 126 valence electrons. The van der Waals surface area contributed by atoms with Crippen LogP contribution < -0.4 is 10.2 Å². The molecule has 0 radical (unpaired) electrons. The van der Waals surface area contributed by atoms with Gasteiger partial charge in [-0.3, -0.25) is 4.79 Å². The van der Waals surface area contributed by atoms with Gasteiger partial charge >= 0.3 is 5.91 Å². The fourth-order valence-electron chi connectivity index (χ4n) is 2.18. The van der Waals surface area contributed by atoms with Gasteiger partial charge in [-0.15, -0.1) is 0 Å². The zero-order valence-corrected chi connectivity index (χ0v) is 14.8. The summed E-state index contributed by atoms with van der Waals surface area (Å²) in [6.45, 7) is 4.04. The molecule has 25 heavy (non-hydrogen) atoms. The van der Waals surface area contributed by atoms with E-state index in [1.165, 1.54) is 0 Å². The number of carbonyl (C=O) groups is 1. The monoisotopic (exact) mass is 398 g/mol. The van der Waals surface area contributed by atoms with Crippen molar-refractivity contribution in [1.29, 1.82) is 0 Å². The Kier molecular flexibility index (Phi) is 5.30. The lowest BCUT2D eigenvalue weighted by molar-refractivity contribution is 0.0929. The second-order valence-electron chi connectivity index (χ2n) is 5.14. The Hall–Kier alpha value is -2.86. The van der Waals surface area contributed by atoms with Gasteiger partial charge in [-0.1, -0.05) is 30.9 Å². The molecule has 0 aliphatic carbocycles. The number of hydrogen-bond donors (Lipinski definition) is 1. The maximum atomic E-state index is 12.1. The Morgan fingerprint density at radius 3 is 2.88 bits per heavy atom. The molecule has 0 aliphatic heterocycles. The lowest BCUT2D eigenvalue weighted by Crippen LogP contribution is -2.16. The molecule has 2 aromatic carbocycles. The molecule has 3 rings (SSSR count). The number of ether oxygens (including phenoxy) is 1. The van der Waals surface area contributed by atoms with Crippen molar-refractivity contribution in [3.63, 3.8) is 0 Å². The van der Waals surface area contributed by atoms with E-state index < -0.39 is 5.91 Å². The first-order chi connectivity index (χ1) is 12.2. The molecule has 0 bridgehead atoms. The highest BCUT2D eigenvalue weighted by molar-refractivity contribution is 9.10. The number of nitrogens with one attached hydrogen (secondary N) is 1. The van der Waals surface area contributed by atoms with Gasteiger partial charge in [0.1, 0.15) is 17.9 Å². The van der Waals surface area contributed by atoms with E-state index in [0.717, 1.165) is 15.4 Å². The van der Waals surface area contributed by atoms with Crippen molar-refractivity contribution < 1.29 is 13.9 Å². The lowest BCUT2D eigenvalue weighted by atomic mass is 10.2. The Bertz CT molecular complexity index is 914. The number of halogens is 1. The molecular weight excluding hydrogens is 384 g/mol. The van der Waals surface area contributed by atoms with E-state index in [1.807, 2.05) is 42.5 Å². The minimum absolute atomic E-state index is 0.215. The van der Waals surface area contributed by atoms with Gasteiger partial charge in [-0.2, -0.15) is 5.10 Å². The lowest BCUT2D eigenvalue weighted by Gasteiger charge is -2.06. The fraction of sp³-hybridized carbons (Fsp3) is 0.0526. The van der Waals surface area contributed by atoms with E-state index in [4.69, 9.17) is 9.15 Å². The molecule has 0 fully saturated rings. The summed E-state index contributed by atoms with van der Waals surface area (Å²) in [4.78, 5) is 12.1. The zero-order chi connectivity index (χ0) is 17.6. The molecule has 0 aliphatic rings. The molecule has 0 spiro atoms. The van der Waals surface area contributed by atoms with Gasteiger partial charge in [0.2, 0.25) is 0 Å². The standard InChI is InChI=1S/C19H15BrN2O3/c1-2-9-24-17-8-7-13(10-15(17)20)12-21-22-19(23)18-11-14-5-3-4-6-16(14)25-18/h2-8,10-12H,1,9H2,(H,22,23)/b21-12+. The third kappa shape index (κ3) is 4.16. The van der Waals surface area contributed by atoms with Crippen LogP contribution >= 0.6 is 15.9 Å². The van der Waals surface area contributed by atoms with Crippen LogP contribution in [0.2, 0.25) is 0 Å². The van der Waals surface area contributed by atoms with E-state index in [0.29, 0.717) is 17.9 Å². The number of para-hydroxylation sites is 1. The number of carbonyl (C=O) groups excluding carboxylic acids is 1. The van der Waals surface area contributed by atoms with Crippen molar-refractivity contribution in [3.8, 4) is 5.75 Å². The number of benzene rings is 2. The highest BCUT2D eigenvalue weighted by atomic mass is 79.9. The van der Waals surface area contributed by atoms with Crippen molar-refractivity contribution in [2.45, 2.75) is 0 Å². The highest BCUT2D eigenvalue weighted by Gasteiger charge is 2.10. The normalized spacial score (nSPS) is 10.9. The van der Waals surface area contributed by atoms with E-state index in [1.54, 1.807) is 18.4 Å². The molecule has 1 aromatic heterocycles. The molecule has 3 aromatic rings. The van der Waals surface area contributed by atoms with Gasteiger partial charge in [0.25, 0.3) is 0 Å². The second kappa shape index (κ2) is 7.81. The number of rotatable bonds is 6. The van der Waals surface area contributed by atoms with Gasteiger partial charge in [0, 0.05) is 5.39 Å². The largest absolute Gasteiger partial charge is 0.488 e. The fourth-order valence-corrected chi connectivity index (χ4v) is 2.69. The molecule has 5 nitrogen and oxygen atoms in total. The molecule has 0 saturated heterocycles. The maximum Gasteiger partial charge on any atom is 0.307 e. The van der Waals surface area contributed by atoms with Crippen molar-refractivity contribution in [3.05, 3.63) is 77.0 Å².